The van der Waals surface area contributed by atoms with Gasteiger partial charge in [-0.2, -0.15) is 11.8 Å². The van der Waals surface area contributed by atoms with Crippen molar-refractivity contribution < 1.29 is 9.59 Å². The molecule has 5 N–H and O–H groups in total. The van der Waals surface area contributed by atoms with Gasteiger partial charge in [0, 0.05) is 11.3 Å². The Morgan fingerprint density at radius 3 is 2.63 bits per heavy atom. The number of benzene rings is 1. The molecule has 1 atom stereocenters. The summed E-state index contributed by atoms with van der Waals surface area (Å²) < 4.78 is 0. The van der Waals surface area contributed by atoms with Crippen LogP contribution in [0.2, 0.25) is 0 Å². The Balaban J connectivity index is 2.72. The van der Waals surface area contributed by atoms with Crippen molar-refractivity contribution in [3.8, 4) is 0 Å². The molecular formula is C13H19N3O2S. The first-order valence-electron chi connectivity index (χ1n) is 5.91. The third-order valence-corrected chi connectivity index (χ3v) is 3.38. The van der Waals surface area contributed by atoms with Gasteiger partial charge >= 0.3 is 0 Å². The molecule has 0 aliphatic rings. The molecule has 0 bridgehead atoms. The van der Waals surface area contributed by atoms with Gasteiger partial charge in [0.05, 0.1) is 6.04 Å². The van der Waals surface area contributed by atoms with E-state index >= 15 is 0 Å². The van der Waals surface area contributed by atoms with Crippen LogP contribution in [0.15, 0.2) is 18.2 Å². The number of primary amides is 1. The van der Waals surface area contributed by atoms with E-state index in [1.165, 1.54) is 0 Å². The molecule has 0 saturated carbocycles. The van der Waals surface area contributed by atoms with Crippen LogP contribution in [-0.2, 0) is 4.79 Å². The Kier molecular flexibility index (Phi) is 5.85. The molecule has 0 radical (unpaired) electrons. The summed E-state index contributed by atoms with van der Waals surface area (Å²) in [6.07, 6.45) is 2.60. The summed E-state index contributed by atoms with van der Waals surface area (Å²) in [5.74, 6) is 0.135. The van der Waals surface area contributed by atoms with Gasteiger partial charge in [0.25, 0.3) is 0 Å². The SMILES string of the molecule is CSCC[C@@H](N)C(=O)Nc1ccc(C(N)=O)cc1C. The van der Waals surface area contributed by atoms with Crippen molar-refractivity contribution in [1.29, 1.82) is 0 Å². The second-order valence-corrected chi connectivity index (χ2v) is 5.26. The minimum Gasteiger partial charge on any atom is -0.366 e. The van der Waals surface area contributed by atoms with Crippen LogP contribution >= 0.6 is 11.8 Å². The van der Waals surface area contributed by atoms with E-state index < -0.39 is 11.9 Å². The van der Waals surface area contributed by atoms with E-state index in [0.29, 0.717) is 17.7 Å². The van der Waals surface area contributed by atoms with E-state index in [1.54, 1.807) is 36.9 Å². The minimum atomic E-state index is -0.525. The fourth-order valence-corrected chi connectivity index (χ4v) is 2.05. The molecule has 6 heteroatoms. The van der Waals surface area contributed by atoms with Crippen molar-refractivity contribution in [3.63, 3.8) is 0 Å². The van der Waals surface area contributed by atoms with Crippen LogP contribution in [-0.4, -0.2) is 29.9 Å². The Labute approximate surface area is 117 Å². The van der Waals surface area contributed by atoms with Gasteiger partial charge < -0.3 is 16.8 Å². The van der Waals surface area contributed by atoms with Crippen molar-refractivity contribution in [2.75, 3.05) is 17.3 Å². The molecule has 0 aliphatic carbocycles. The van der Waals surface area contributed by atoms with Gasteiger partial charge in [-0.25, -0.2) is 0 Å². The fourth-order valence-electron chi connectivity index (χ4n) is 1.56. The standard InChI is InChI=1S/C13H19N3O2S/c1-8-7-9(12(15)17)3-4-11(8)16-13(18)10(14)5-6-19-2/h3-4,7,10H,5-6,14H2,1-2H3,(H2,15,17)(H,16,18)/t10-/m1/s1. The summed E-state index contributed by atoms with van der Waals surface area (Å²) in [5, 5.41) is 2.76. The van der Waals surface area contributed by atoms with Crippen LogP contribution in [0.4, 0.5) is 5.69 Å². The topological polar surface area (TPSA) is 98.2 Å². The molecule has 0 unspecified atom stereocenters. The zero-order valence-electron chi connectivity index (χ0n) is 11.1. The maximum absolute atomic E-state index is 11.9. The molecule has 1 aromatic rings. The third-order valence-electron chi connectivity index (χ3n) is 2.74. The number of nitrogens with one attached hydrogen (secondary N) is 1. The molecule has 19 heavy (non-hydrogen) atoms. The second-order valence-electron chi connectivity index (χ2n) is 4.27. The van der Waals surface area contributed by atoms with Crippen molar-refractivity contribution >= 4 is 29.3 Å². The number of rotatable bonds is 6. The van der Waals surface area contributed by atoms with Crippen molar-refractivity contribution in [2.45, 2.75) is 19.4 Å². The predicted octanol–water partition coefficient (Wildman–Crippen LogP) is 1.11. The van der Waals surface area contributed by atoms with Crippen LogP contribution < -0.4 is 16.8 Å². The molecule has 0 saturated heterocycles. The van der Waals surface area contributed by atoms with Crippen molar-refractivity contribution in [1.82, 2.24) is 0 Å². The van der Waals surface area contributed by atoms with E-state index in [0.717, 1.165) is 11.3 Å². The highest BCUT2D eigenvalue weighted by molar-refractivity contribution is 7.98. The molecule has 0 aliphatic heterocycles. The Morgan fingerprint density at radius 2 is 2.11 bits per heavy atom. The quantitative estimate of drug-likeness (QED) is 0.727. The van der Waals surface area contributed by atoms with Gasteiger partial charge in [0.1, 0.15) is 0 Å². The maximum atomic E-state index is 11.9. The highest BCUT2D eigenvalue weighted by Crippen LogP contribution is 2.16. The number of hydrogen-bond acceptors (Lipinski definition) is 4. The van der Waals surface area contributed by atoms with E-state index in [1.807, 2.05) is 6.26 Å². The molecule has 0 aromatic heterocycles. The van der Waals surface area contributed by atoms with Gasteiger partial charge in [0.2, 0.25) is 11.8 Å². The second kappa shape index (κ2) is 7.16. The highest BCUT2D eigenvalue weighted by Gasteiger charge is 2.14. The number of hydrogen-bond donors (Lipinski definition) is 3. The number of aryl methyl sites for hydroxylation is 1. The largest absolute Gasteiger partial charge is 0.366 e. The molecule has 1 rings (SSSR count). The summed E-state index contributed by atoms with van der Waals surface area (Å²) >= 11 is 1.65. The molecule has 104 valence electrons. The van der Waals surface area contributed by atoms with Crippen molar-refractivity contribution in [2.24, 2.45) is 11.5 Å². The molecule has 0 heterocycles. The summed E-state index contributed by atoms with van der Waals surface area (Å²) in [6.45, 7) is 1.80. The zero-order chi connectivity index (χ0) is 14.4. The monoisotopic (exact) mass is 281 g/mol. The van der Waals surface area contributed by atoms with Gasteiger partial charge in [-0.1, -0.05) is 0 Å². The Bertz CT molecular complexity index is 477. The van der Waals surface area contributed by atoms with Gasteiger partial charge in [-0.3, -0.25) is 9.59 Å². The summed E-state index contributed by atoms with van der Waals surface area (Å²) in [5.41, 5.74) is 12.8. The first kappa shape index (κ1) is 15.5. The predicted molar refractivity (Wildman–Crippen MR) is 79.3 cm³/mol. The average Bonchev–Trinajstić information content (AvgIpc) is 2.37. The number of amides is 2. The summed E-state index contributed by atoms with van der Waals surface area (Å²) in [4.78, 5) is 22.9. The Morgan fingerprint density at radius 1 is 1.42 bits per heavy atom. The number of anilines is 1. The molecule has 0 fully saturated rings. The molecule has 1 aromatic carbocycles. The van der Waals surface area contributed by atoms with Crippen LogP contribution in [0.25, 0.3) is 0 Å². The molecule has 0 spiro atoms. The first-order valence-corrected chi connectivity index (χ1v) is 7.31. The van der Waals surface area contributed by atoms with Crippen LogP contribution in [0.3, 0.4) is 0 Å². The average molecular weight is 281 g/mol. The fraction of sp³-hybridized carbons (Fsp3) is 0.385. The lowest BCUT2D eigenvalue weighted by molar-refractivity contribution is -0.117. The molecule has 5 nitrogen and oxygen atoms in total. The Hall–Kier alpha value is -1.53. The van der Waals surface area contributed by atoms with Crippen LogP contribution in [0, 0.1) is 6.92 Å². The summed E-state index contributed by atoms with van der Waals surface area (Å²) in [7, 11) is 0. The van der Waals surface area contributed by atoms with Crippen LogP contribution in [0.1, 0.15) is 22.3 Å². The number of carbonyl (C=O) groups excluding carboxylic acids is 2. The molecular weight excluding hydrogens is 262 g/mol. The van der Waals surface area contributed by atoms with E-state index in [-0.39, 0.29) is 5.91 Å². The molecule has 2 amide bonds. The lowest BCUT2D eigenvalue weighted by atomic mass is 10.1. The zero-order valence-corrected chi connectivity index (χ0v) is 11.9. The summed E-state index contributed by atoms with van der Waals surface area (Å²) in [6, 6.07) is 4.36. The normalized spacial score (nSPS) is 11.9. The highest BCUT2D eigenvalue weighted by atomic mass is 32.2. The van der Waals surface area contributed by atoms with Gasteiger partial charge in [-0.15, -0.1) is 0 Å². The van der Waals surface area contributed by atoms with Gasteiger partial charge in [0.15, 0.2) is 0 Å². The smallest absolute Gasteiger partial charge is 0.248 e. The van der Waals surface area contributed by atoms with E-state index in [9.17, 15) is 9.59 Å². The van der Waals surface area contributed by atoms with E-state index in [4.69, 9.17) is 11.5 Å². The lowest BCUT2D eigenvalue weighted by Gasteiger charge is -2.13. The number of nitrogens with two attached hydrogens (primary N) is 2. The van der Waals surface area contributed by atoms with Crippen LogP contribution in [0.5, 0.6) is 0 Å². The van der Waals surface area contributed by atoms with Crippen molar-refractivity contribution in [3.05, 3.63) is 29.3 Å². The third kappa shape index (κ3) is 4.57. The number of thioether (sulfide) groups is 1. The van der Waals surface area contributed by atoms with Gasteiger partial charge in [-0.05, 0) is 49.1 Å². The minimum absolute atomic E-state index is 0.219. The van der Waals surface area contributed by atoms with E-state index in [2.05, 4.69) is 5.32 Å². The first-order chi connectivity index (χ1) is 8.95. The maximum Gasteiger partial charge on any atom is 0.248 e. The lowest BCUT2D eigenvalue weighted by Crippen LogP contribution is -2.36. The number of carbonyl (C=O) groups is 2.